The second-order valence-electron chi connectivity index (χ2n) is 13.9. The van der Waals surface area contributed by atoms with Gasteiger partial charge in [0, 0.05) is 5.41 Å². The molecule has 0 aromatic heterocycles. The second-order valence-corrected chi connectivity index (χ2v) is 13.9. The van der Waals surface area contributed by atoms with Crippen molar-refractivity contribution in [3.05, 3.63) is 0 Å². The third kappa shape index (κ3) is 3.54. The Morgan fingerprint density at radius 1 is 0.844 bits per heavy atom. The zero-order valence-electron chi connectivity index (χ0n) is 21.3. The van der Waals surface area contributed by atoms with Crippen LogP contribution in [0.1, 0.15) is 98.8 Å². The maximum Gasteiger partial charge on any atom is 0.0603 e. The number of hydrogen-bond donors (Lipinski definition) is 3. The third-order valence-electron chi connectivity index (χ3n) is 12.4. The molecule has 0 aliphatic heterocycles. The van der Waals surface area contributed by atoms with Crippen LogP contribution in [0.3, 0.4) is 0 Å². The van der Waals surface area contributed by atoms with Crippen molar-refractivity contribution in [1.82, 2.24) is 0 Å². The van der Waals surface area contributed by atoms with Crippen LogP contribution in [0.15, 0.2) is 0 Å². The summed E-state index contributed by atoms with van der Waals surface area (Å²) in [5.74, 6) is 5.58. The third-order valence-corrected chi connectivity index (χ3v) is 12.4. The predicted octanol–water partition coefficient (Wildman–Crippen LogP) is 5.66. The fraction of sp³-hybridized carbons (Fsp3) is 1.00. The van der Waals surface area contributed by atoms with Crippen molar-refractivity contribution in [2.45, 2.75) is 117 Å². The number of aliphatic hydroxyl groups is 3. The van der Waals surface area contributed by atoms with E-state index in [-0.39, 0.29) is 35.1 Å². The molecule has 3 N–H and O–H groups in total. The van der Waals surface area contributed by atoms with Gasteiger partial charge in [0.1, 0.15) is 0 Å². The van der Waals surface area contributed by atoms with Gasteiger partial charge >= 0.3 is 0 Å². The van der Waals surface area contributed by atoms with Crippen molar-refractivity contribution in [3.63, 3.8) is 0 Å². The van der Waals surface area contributed by atoms with E-state index in [0.717, 1.165) is 49.9 Å². The molecule has 0 unspecified atom stereocenters. The monoisotopic (exact) mass is 446 g/mol. The quantitative estimate of drug-likeness (QED) is 0.511. The van der Waals surface area contributed by atoms with E-state index < -0.39 is 0 Å². The SMILES string of the molecule is C[C@H](CC[C@@H](C)[C@H]1[C@H](O)C[C@H]2[C@@H]3CC[C@H]4C[C@@H](O)CC[C@]4(C)[C@H]3C[C@@H](O)[C@]12C)[C@@H]1C[C@H]1C. The van der Waals surface area contributed by atoms with E-state index >= 15 is 0 Å². The normalized spacial score (nSPS) is 56.6. The standard InChI is InChI=1S/C29H50O3/c1-16(22-12-18(22)3)6-7-17(2)27-25(31)14-24-21-9-8-19-13-20(30)10-11-28(19,4)23(21)15-26(32)29(24,27)5/h16-27,30-32H,6-15H2,1-5H3/t16-,17-,18-,19+,20+,21-,22+,23+,24+,25-,26-,27+,28+,29-/m1/s1. The van der Waals surface area contributed by atoms with E-state index in [2.05, 4.69) is 34.6 Å². The molecule has 32 heavy (non-hydrogen) atoms. The van der Waals surface area contributed by atoms with E-state index in [0.29, 0.717) is 29.6 Å². The molecule has 0 spiro atoms. The van der Waals surface area contributed by atoms with Crippen LogP contribution in [0.2, 0.25) is 0 Å². The molecule has 0 aromatic rings. The molecular formula is C29H50O3. The van der Waals surface area contributed by atoms with Gasteiger partial charge in [0.2, 0.25) is 0 Å². The maximum absolute atomic E-state index is 11.7. The van der Waals surface area contributed by atoms with Gasteiger partial charge < -0.3 is 15.3 Å². The number of rotatable bonds is 5. The van der Waals surface area contributed by atoms with E-state index in [9.17, 15) is 15.3 Å². The molecule has 184 valence electrons. The van der Waals surface area contributed by atoms with Crippen molar-refractivity contribution in [3.8, 4) is 0 Å². The van der Waals surface area contributed by atoms with E-state index in [1.54, 1.807) is 0 Å². The van der Waals surface area contributed by atoms with Crippen molar-refractivity contribution in [1.29, 1.82) is 0 Å². The molecule has 5 saturated carbocycles. The van der Waals surface area contributed by atoms with Crippen LogP contribution < -0.4 is 0 Å². The lowest BCUT2D eigenvalue weighted by atomic mass is 9.43. The van der Waals surface area contributed by atoms with Gasteiger partial charge in [-0.05, 0) is 110 Å². The molecule has 5 aliphatic carbocycles. The molecule has 14 atom stereocenters. The van der Waals surface area contributed by atoms with Gasteiger partial charge in [-0.3, -0.25) is 0 Å². The average Bonchev–Trinajstić information content (AvgIpc) is 3.40. The minimum Gasteiger partial charge on any atom is -0.393 e. The topological polar surface area (TPSA) is 60.7 Å². The highest BCUT2D eigenvalue weighted by molar-refractivity contribution is 5.14. The van der Waals surface area contributed by atoms with Crippen molar-refractivity contribution >= 4 is 0 Å². The molecule has 0 amide bonds. The van der Waals surface area contributed by atoms with Gasteiger partial charge in [-0.25, -0.2) is 0 Å². The van der Waals surface area contributed by atoms with Crippen LogP contribution >= 0.6 is 0 Å². The van der Waals surface area contributed by atoms with Gasteiger partial charge in [-0.2, -0.15) is 0 Å². The first-order chi connectivity index (χ1) is 15.1. The van der Waals surface area contributed by atoms with Crippen molar-refractivity contribution in [2.75, 3.05) is 0 Å². The Morgan fingerprint density at radius 2 is 1.53 bits per heavy atom. The van der Waals surface area contributed by atoms with Gasteiger partial charge in [-0.15, -0.1) is 0 Å². The number of hydrogen-bond acceptors (Lipinski definition) is 3. The molecule has 0 bridgehead atoms. The number of aliphatic hydroxyl groups excluding tert-OH is 3. The fourth-order valence-electron chi connectivity index (χ4n) is 10.3. The lowest BCUT2D eigenvalue weighted by Crippen LogP contribution is -2.59. The molecule has 5 rings (SSSR count). The average molecular weight is 447 g/mol. The fourth-order valence-corrected chi connectivity index (χ4v) is 10.3. The lowest BCUT2D eigenvalue weighted by molar-refractivity contribution is -0.176. The summed E-state index contributed by atoms with van der Waals surface area (Å²) in [4.78, 5) is 0. The zero-order valence-corrected chi connectivity index (χ0v) is 21.3. The summed E-state index contributed by atoms with van der Waals surface area (Å²) >= 11 is 0. The summed E-state index contributed by atoms with van der Waals surface area (Å²) in [6.45, 7) is 12.0. The largest absolute Gasteiger partial charge is 0.393 e. The van der Waals surface area contributed by atoms with Crippen LogP contribution in [0.4, 0.5) is 0 Å². The summed E-state index contributed by atoms with van der Waals surface area (Å²) in [6, 6.07) is 0. The molecule has 0 saturated heterocycles. The molecule has 5 aliphatic rings. The van der Waals surface area contributed by atoms with E-state index in [1.807, 2.05) is 0 Å². The Labute approximate surface area is 196 Å². The molecule has 0 heterocycles. The first-order valence-electron chi connectivity index (χ1n) is 14.1. The maximum atomic E-state index is 11.7. The Bertz CT molecular complexity index is 694. The Hall–Kier alpha value is -0.120. The van der Waals surface area contributed by atoms with Gasteiger partial charge in [-0.1, -0.05) is 47.5 Å². The van der Waals surface area contributed by atoms with Crippen LogP contribution in [0.25, 0.3) is 0 Å². The number of fused-ring (bicyclic) bond motifs is 5. The highest BCUT2D eigenvalue weighted by atomic mass is 16.3. The van der Waals surface area contributed by atoms with Crippen LogP contribution in [-0.2, 0) is 0 Å². The predicted molar refractivity (Wildman–Crippen MR) is 129 cm³/mol. The highest BCUT2D eigenvalue weighted by Gasteiger charge is 2.65. The lowest BCUT2D eigenvalue weighted by Gasteiger charge is -2.62. The second kappa shape index (κ2) is 8.23. The summed E-state index contributed by atoms with van der Waals surface area (Å²) in [6.07, 6.45) is 10.4. The Morgan fingerprint density at radius 3 is 2.22 bits per heavy atom. The van der Waals surface area contributed by atoms with Gasteiger partial charge in [0.15, 0.2) is 0 Å². The minimum atomic E-state index is -0.304. The highest BCUT2D eigenvalue weighted by Crippen LogP contribution is 2.68. The first-order valence-corrected chi connectivity index (χ1v) is 14.1. The van der Waals surface area contributed by atoms with E-state index in [4.69, 9.17) is 0 Å². The molecule has 5 fully saturated rings. The van der Waals surface area contributed by atoms with Crippen molar-refractivity contribution in [2.24, 2.45) is 64.1 Å². The molecule has 3 heteroatoms. The van der Waals surface area contributed by atoms with Gasteiger partial charge in [0.05, 0.1) is 18.3 Å². The molecular weight excluding hydrogens is 396 g/mol. The van der Waals surface area contributed by atoms with Crippen molar-refractivity contribution < 1.29 is 15.3 Å². The van der Waals surface area contributed by atoms with Crippen LogP contribution in [0, 0.1) is 64.1 Å². The summed E-state index contributed by atoms with van der Waals surface area (Å²) < 4.78 is 0. The first kappa shape index (κ1) is 23.6. The summed E-state index contributed by atoms with van der Waals surface area (Å²) in [7, 11) is 0. The zero-order chi connectivity index (χ0) is 23.0. The smallest absolute Gasteiger partial charge is 0.0603 e. The summed E-state index contributed by atoms with van der Waals surface area (Å²) in [5, 5.41) is 33.4. The molecule has 0 radical (unpaired) electrons. The minimum absolute atomic E-state index is 0.122. The Balaban J connectivity index is 1.34. The molecule has 0 aromatic carbocycles. The van der Waals surface area contributed by atoms with Gasteiger partial charge in [0.25, 0.3) is 0 Å². The molecule has 3 nitrogen and oxygen atoms in total. The van der Waals surface area contributed by atoms with E-state index in [1.165, 1.54) is 32.1 Å². The Kier molecular flexibility index (Phi) is 6.07. The van der Waals surface area contributed by atoms with Crippen LogP contribution in [0.5, 0.6) is 0 Å². The summed E-state index contributed by atoms with van der Waals surface area (Å²) in [5.41, 5.74) is 0.114. The van der Waals surface area contributed by atoms with Crippen LogP contribution in [-0.4, -0.2) is 33.6 Å².